The number of nitrogens with one attached hydrogen (secondary N) is 1. The largest absolute Gasteiger partial charge is 0.346 e. The Balaban J connectivity index is 1.65. The predicted octanol–water partition coefficient (Wildman–Crippen LogP) is 1.93. The lowest BCUT2D eigenvalue weighted by atomic mass is 10.2. The third-order valence-electron chi connectivity index (χ3n) is 4.17. The Morgan fingerprint density at radius 2 is 2.26 bits per heavy atom. The summed E-state index contributed by atoms with van der Waals surface area (Å²) in [7, 11) is 0. The highest BCUT2D eigenvalue weighted by Gasteiger charge is 2.29. The molecule has 3 rings (SSSR count). The van der Waals surface area contributed by atoms with Gasteiger partial charge >= 0.3 is 0 Å². The van der Waals surface area contributed by atoms with Crippen molar-refractivity contribution in [2.75, 3.05) is 37.6 Å². The zero-order valence-electron chi connectivity index (χ0n) is 11.8. The molecule has 3 heterocycles. The lowest BCUT2D eigenvalue weighted by Gasteiger charge is -2.25. The van der Waals surface area contributed by atoms with Gasteiger partial charge in [0.25, 0.3) is 0 Å². The number of hydrogen-bond donors (Lipinski definition) is 1. The van der Waals surface area contributed by atoms with Crippen LogP contribution in [0, 0.1) is 0 Å². The molecule has 106 valence electrons. The van der Waals surface area contributed by atoms with Crippen LogP contribution in [0.5, 0.6) is 0 Å². The van der Waals surface area contributed by atoms with Crippen LogP contribution in [0.2, 0.25) is 0 Å². The second-order valence-electron chi connectivity index (χ2n) is 5.53. The number of thiazole rings is 1. The molecule has 0 bridgehead atoms. The topological polar surface area (TPSA) is 31.4 Å². The van der Waals surface area contributed by atoms with Crippen LogP contribution in [0.25, 0.3) is 0 Å². The summed E-state index contributed by atoms with van der Waals surface area (Å²) in [5.41, 5.74) is 1.19. The maximum absolute atomic E-state index is 4.79. The van der Waals surface area contributed by atoms with Crippen LogP contribution >= 0.6 is 11.3 Å². The van der Waals surface area contributed by atoms with Crippen molar-refractivity contribution in [1.29, 1.82) is 0 Å². The molecule has 4 nitrogen and oxygen atoms in total. The molecule has 5 heteroatoms. The summed E-state index contributed by atoms with van der Waals surface area (Å²) < 4.78 is 0. The third-order valence-corrected chi connectivity index (χ3v) is 5.12. The number of aromatic nitrogens is 1. The first kappa shape index (κ1) is 13.3. The first-order valence-electron chi connectivity index (χ1n) is 7.51. The van der Waals surface area contributed by atoms with Gasteiger partial charge in [-0.25, -0.2) is 4.98 Å². The number of anilines is 1. The number of hydrogen-bond acceptors (Lipinski definition) is 5. The second kappa shape index (κ2) is 6.20. The number of nitrogens with zero attached hydrogens (tertiary/aromatic N) is 3. The van der Waals surface area contributed by atoms with Crippen LogP contribution in [0.1, 0.15) is 31.9 Å². The van der Waals surface area contributed by atoms with Crippen molar-refractivity contribution in [3.05, 3.63) is 11.1 Å². The minimum absolute atomic E-state index is 0.767. The normalized spacial score (nSPS) is 24.5. The molecule has 1 N–H and O–H groups in total. The van der Waals surface area contributed by atoms with E-state index in [0.717, 1.165) is 19.1 Å². The Morgan fingerprint density at radius 3 is 3.16 bits per heavy atom. The van der Waals surface area contributed by atoms with Gasteiger partial charge in [-0.3, -0.25) is 4.90 Å². The molecule has 2 saturated heterocycles. The number of fused-ring (bicyclic) bond motifs is 1. The van der Waals surface area contributed by atoms with Crippen molar-refractivity contribution >= 4 is 16.5 Å². The van der Waals surface area contributed by atoms with Crippen LogP contribution in [-0.2, 0) is 6.54 Å². The summed E-state index contributed by atoms with van der Waals surface area (Å²) in [6, 6.07) is 0.767. The van der Waals surface area contributed by atoms with Crippen LogP contribution in [-0.4, -0.2) is 48.6 Å². The summed E-state index contributed by atoms with van der Waals surface area (Å²) in [5, 5.41) is 6.77. The fourth-order valence-electron chi connectivity index (χ4n) is 3.16. The van der Waals surface area contributed by atoms with Crippen molar-refractivity contribution in [2.24, 2.45) is 0 Å². The Labute approximate surface area is 119 Å². The average molecular weight is 280 g/mol. The maximum Gasteiger partial charge on any atom is 0.185 e. The molecule has 0 aliphatic carbocycles. The molecular formula is C14H24N4S. The standard InChI is InChI=1S/C14H24N4S/c1-2-15-9-12-11-19-14(16-12)18-8-4-7-17-6-3-5-13(17)10-18/h11,13,15H,2-10H2,1H3. The molecule has 0 radical (unpaired) electrons. The maximum atomic E-state index is 4.79. The highest BCUT2D eigenvalue weighted by atomic mass is 32.1. The highest BCUT2D eigenvalue weighted by molar-refractivity contribution is 7.13. The van der Waals surface area contributed by atoms with Gasteiger partial charge in [-0.2, -0.15) is 0 Å². The molecule has 2 fully saturated rings. The molecule has 2 aliphatic rings. The Bertz CT molecular complexity index is 406. The van der Waals surface area contributed by atoms with Gasteiger partial charge in [0.05, 0.1) is 5.69 Å². The molecule has 0 aromatic carbocycles. The van der Waals surface area contributed by atoms with Gasteiger partial charge in [0.15, 0.2) is 5.13 Å². The van der Waals surface area contributed by atoms with Crippen LogP contribution in [0.15, 0.2) is 5.38 Å². The quantitative estimate of drug-likeness (QED) is 0.913. The second-order valence-corrected chi connectivity index (χ2v) is 6.37. The fraction of sp³-hybridized carbons (Fsp3) is 0.786. The van der Waals surface area contributed by atoms with Crippen LogP contribution in [0.3, 0.4) is 0 Å². The Morgan fingerprint density at radius 1 is 1.37 bits per heavy atom. The third kappa shape index (κ3) is 3.09. The van der Waals surface area contributed by atoms with Crippen molar-refractivity contribution in [3.63, 3.8) is 0 Å². The van der Waals surface area contributed by atoms with E-state index in [2.05, 4.69) is 27.4 Å². The van der Waals surface area contributed by atoms with E-state index < -0.39 is 0 Å². The van der Waals surface area contributed by atoms with Gasteiger partial charge in [-0.15, -0.1) is 11.3 Å². The fourth-order valence-corrected chi connectivity index (χ4v) is 4.02. The van der Waals surface area contributed by atoms with E-state index in [1.165, 1.54) is 56.3 Å². The van der Waals surface area contributed by atoms with E-state index in [4.69, 9.17) is 4.98 Å². The lowest BCUT2D eigenvalue weighted by Crippen LogP contribution is -2.36. The number of rotatable bonds is 4. The first-order valence-corrected chi connectivity index (χ1v) is 8.39. The molecule has 1 atom stereocenters. The molecule has 1 aromatic heterocycles. The molecule has 1 unspecified atom stereocenters. The van der Waals surface area contributed by atoms with Crippen molar-refractivity contribution in [3.8, 4) is 0 Å². The lowest BCUT2D eigenvalue weighted by molar-refractivity contribution is 0.273. The average Bonchev–Trinajstić information content (AvgIpc) is 3.02. The minimum atomic E-state index is 0.767. The molecule has 0 amide bonds. The van der Waals surface area contributed by atoms with Crippen molar-refractivity contribution < 1.29 is 0 Å². The zero-order valence-corrected chi connectivity index (χ0v) is 12.6. The van der Waals surface area contributed by atoms with Crippen molar-refractivity contribution in [2.45, 2.75) is 38.8 Å². The Hall–Kier alpha value is -0.650. The van der Waals surface area contributed by atoms with E-state index in [-0.39, 0.29) is 0 Å². The van der Waals surface area contributed by atoms with Crippen LogP contribution < -0.4 is 10.2 Å². The molecule has 0 saturated carbocycles. The monoisotopic (exact) mass is 280 g/mol. The highest BCUT2D eigenvalue weighted by Crippen LogP contribution is 2.27. The van der Waals surface area contributed by atoms with E-state index in [9.17, 15) is 0 Å². The molecular weight excluding hydrogens is 256 g/mol. The first-order chi connectivity index (χ1) is 9.36. The van der Waals surface area contributed by atoms with Gasteiger partial charge in [0.1, 0.15) is 0 Å². The van der Waals surface area contributed by atoms with Gasteiger partial charge in [-0.1, -0.05) is 6.92 Å². The summed E-state index contributed by atoms with van der Waals surface area (Å²) in [6.45, 7) is 8.97. The van der Waals surface area contributed by atoms with Gasteiger partial charge in [-0.05, 0) is 32.4 Å². The van der Waals surface area contributed by atoms with Gasteiger partial charge < -0.3 is 10.2 Å². The minimum Gasteiger partial charge on any atom is -0.346 e. The Kier molecular flexibility index (Phi) is 4.35. The van der Waals surface area contributed by atoms with Crippen molar-refractivity contribution in [1.82, 2.24) is 15.2 Å². The zero-order chi connectivity index (χ0) is 13.1. The summed E-state index contributed by atoms with van der Waals surface area (Å²) in [4.78, 5) is 9.97. The van der Waals surface area contributed by atoms with Crippen LogP contribution in [0.4, 0.5) is 5.13 Å². The smallest absolute Gasteiger partial charge is 0.185 e. The molecule has 2 aliphatic heterocycles. The van der Waals surface area contributed by atoms with E-state index in [1.807, 2.05) is 0 Å². The van der Waals surface area contributed by atoms with Gasteiger partial charge in [0, 0.05) is 37.6 Å². The SMILES string of the molecule is CCNCc1csc(N2CCCN3CCCC3C2)n1. The summed E-state index contributed by atoms with van der Waals surface area (Å²) in [6.07, 6.45) is 4.02. The summed E-state index contributed by atoms with van der Waals surface area (Å²) in [5.74, 6) is 0. The molecule has 19 heavy (non-hydrogen) atoms. The van der Waals surface area contributed by atoms with E-state index in [1.54, 1.807) is 11.3 Å². The van der Waals surface area contributed by atoms with E-state index in [0.29, 0.717) is 0 Å². The molecule has 1 aromatic rings. The summed E-state index contributed by atoms with van der Waals surface area (Å²) >= 11 is 1.81. The van der Waals surface area contributed by atoms with E-state index >= 15 is 0 Å². The van der Waals surface area contributed by atoms with Gasteiger partial charge in [0.2, 0.25) is 0 Å². The predicted molar refractivity (Wildman–Crippen MR) is 80.9 cm³/mol. The molecule has 0 spiro atoms.